The molecule has 4 fully saturated rings. The van der Waals surface area contributed by atoms with Crippen LogP contribution in [0.3, 0.4) is 0 Å². The van der Waals surface area contributed by atoms with E-state index in [1.54, 1.807) is 32.5 Å². The number of alkyl halides is 1. The van der Waals surface area contributed by atoms with Crippen molar-refractivity contribution in [3.8, 4) is 28.1 Å². The average Bonchev–Trinajstić information content (AvgIpc) is 4.24. The van der Waals surface area contributed by atoms with E-state index in [1.165, 1.54) is 21.9 Å². The molecule has 0 spiro atoms. The summed E-state index contributed by atoms with van der Waals surface area (Å²) in [5.74, 6) is -2.12. The third-order valence-corrected chi connectivity index (χ3v) is 15.4. The van der Waals surface area contributed by atoms with Gasteiger partial charge in [0.15, 0.2) is 6.61 Å². The third-order valence-electron chi connectivity index (χ3n) is 15.4. The Bertz CT molecular complexity index is 2720. The number of aromatic hydroxyl groups is 1. The number of phenolic OH excluding ortho intramolecular Hbond substituents is 1. The fourth-order valence-electron chi connectivity index (χ4n) is 11.2. The van der Waals surface area contributed by atoms with Crippen molar-refractivity contribution in [2.45, 2.75) is 141 Å². The molecule has 6 bridgehead atoms. The topological polar surface area (TPSA) is 201 Å². The fraction of sp³-hybridized carbons (Fsp3) is 0.566. The third kappa shape index (κ3) is 10.2. The van der Waals surface area contributed by atoms with E-state index in [0.717, 1.165) is 51.8 Å². The van der Waals surface area contributed by atoms with Crippen LogP contribution in [0.25, 0.3) is 33.3 Å². The molecule has 5 aliphatic rings. The van der Waals surface area contributed by atoms with E-state index in [2.05, 4.69) is 59.6 Å². The van der Waals surface area contributed by atoms with Crippen LogP contribution in [-0.4, -0.2) is 135 Å². The van der Waals surface area contributed by atoms with Gasteiger partial charge in [-0.1, -0.05) is 38.8 Å². The van der Waals surface area contributed by atoms with Gasteiger partial charge in [-0.05, 0) is 117 Å². The Balaban J connectivity index is 1.07. The Morgan fingerprint density at radius 2 is 1.83 bits per heavy atom. The molecule has 3 aliphatic heterocycles. The maximum Gasteiger partial charge on any atom is 0.326 e. The predicted octanol–water partition coefficient (Wildman–Crippen LogP) is 5.89. The molecule has 0 unspecified atom stereocenters. The van der Waals surface area contributed by atoms with Crippen molar-refractivity contribution in [2.75, 3.05) is 40.9 Å². The van der Waals surface area contributed by atoms with Gasteiger partial charge in [0.1, 0.15) is 29.5 Å². The van der Waals surface area contributed by atoms with Gasteiger partial charge in [-0.2, -0.15) is 5.43 Å². The second-order valence-electron chi connectivity index (χ2n) is 21.3. The van der Waals surface area contributed by atoms with E-state index < -0.39 is 59.1 Å². The molecule has 4 amide bonds. The monoisotopic (exact) mass is 979 g/mol. The van der Waals surface area contributed by atoms with Crippen LogP contribution in [0.4, 0.5) is 4.39 Å². The number of carbonyl (C=O) groups excluding carboxylic acids is 4. The minimum Gasteiger partial charge on any atom is -0.508 e. The molecule has 4 N–H and O–H groups in total. The van der Waals surface area contributed by atoms with E-state index in [0.29, 0.717) is 67.5 Å². The second-order valence-corrected chi connectivity index (χ2v) is 21.3. The highest BCUT2D eigenvalue weighted by molar-refractivity contribution is 5.96. The molecule has 71 heavy (non-hydrogen) atoms. The van der Waals surface area contributed by atoms with Gasteiger partial charge in [-0.25, -0.2) is 9.23 Å². The lowest BCUT2D eigenvalue weighted by Gasteiger charge is -2.35. The van der Waals surface area contributed by atoms with Crippen LogP contribution >= 0.6 is 0 Å². The molecule has 2 saturated carbocycles. The number of phenols is 1. The lowest BCUT2D eigenvalue weighted by molar-refractivity contribution is -0.835. The molecule has 5 heterocycles. The molecule has 4 aromatic rings. The standard InChI is InChI=1S/C53H68FN9O8/c1-8-61-41-18-17-34-27-38(41)39(47(61)37-15-11-21-55-44(37)31(2)70-7)28-52(3,4)30-71-63(69)42-16-12-22-62(58-42)50(67)40(25-32-23-35(34)26-36(64)24-32)56-49(66)46(33-13-9-10-14-33)60(6)43(65)29-59(5)51(68)45-48(57-45)53(54)19-20-53/h11,15,17-18,21,23-24,26-27,31,33,40,42,45-46,48,57-58H,8-10,12-14,16,19-20,22,25,28-30H2,1-7H3,(H-,56,64,66)/p+1/t31-,40-,42+,45+,46-,48-/m0/s1. The summed E-state index contributed by atoms with van der Waals surface area (Å²) in [6.07, 6.45) is 5.79. The number of likely N-dealkylation sites (N-methyl/N-ethyl adjacent to an activating group) is 2. The Hall–Kier alpha value is -5.98. The molecule has 2 aliphatic carbocycles. The van der Waals surface area contributed by atoms with Gasteiger partial charge in [0.2, 0.25) is 22.6 Å². The highest BCUT2D eigenvalue weighted by Gasteiger charge is 2.63. The SMILES string of the molecule is CCn1c(-c2cccnc2[C@H](C)OC)c2c3cc(ccc31)-c1cc(O)cc(c1)C[C@H](NC(=O)[C@H](C1CCCC1)N(C)C(=O)CN(C)C(=O)[C@@H]1N[C@@H]1C1(F)CC1)C(=O)N1CCC[C@H](N1)[N+](=O)OCC(C)(C)C2. The molecule has 17 nitrogen and oxygen atoms in total. The second kappa shape index (κ2) is 19.9. The molecule has 2 saturated heterocycles. The van der Waals surface area contributed by atoms with Crippen molar-refractivity contribution in [1.82, 2.24) is 40.4 Å². The number of halogens is 1. The number of fused-ring (bicyclic) bond motifs is 6. The van der Waals surface area contributed by atoms with Crippen LogP contribution in [0, 0.1) is 16.2 Å². The van der Waals surface area contributed by atoms with Gasteiger partial charge in [0.05, 0.1) is 35.0 Å². The van der Waals surface area contributed by atoms with Crippen molar-refractivity contribution >= 4 is 34.5 Å². The first-order valence-electron chi connectivity index (χ1n) is 25.3. The number of nitrogens with zero attached hydrogens (tertiary/aromatic N) is 6. The summed E-state index contributed by atoms with van der Waals surface area (Å²) in [6.45, 7) is 8.83. The first kappa shape index (κ1) is 50.0. The quantitative estimate of drug-likeness (QED) is 0.123. The van der Waals surface area contributed by atoms with E-state index in [-0.39, 0.29) is 49.8 Å². The van der Waals surface area contributed by atoms with Crippen molar-refractivity contribution < 1.29 is 43.2 Å². The van der Waals surface area contributed by atoms with Crippen LogP contribution < -0.4 is 16.1 Å². The van der Waals surface area contributed by atoms with Crippen LogP contribution in [-0.2, 0) is 48.1 Å². The number of hydrogen-bond donors (Lipinski definition) is 4. The molecule has 6 atom stereocenters. The highest BCUT2D eigenvalue weighted by atomic mass is 19.1. The first-order chi connectivity index (χ1) is 33.9. The van der Waals surface area contributed by atoms with E-state index in [9.17, 15) is 33.6 Å². The van der Waals surface area contributed by atoms with Crippen LogP contribution in [0.1, 0.15) is 102 Å². The van der Waals surface area contributed by atoms with Crippen LogP contribution in [0.15, 0.2) is 54.7 Å². The number of nitrogens with one attached hydrogen (secondary N) is 3. The number of aromatic nitrogens is 2. The Kier molecular flexibility index (Phi) is 14.0. The first-order valence-corrected chi connectivity index (χ1v) is 25.3. The number of aryl methyl sites for hydroxylation is 1. The van der Waals surface area contributed by atoms with Gasteiger partial charge in [-0.15, -0.1) is 0 Å². The number of pyridine rings is 1. The smallest absolute Gasteiger partial charge is 0.326 e. The predicted molar refractivity (Wildman–Crippen MR) is 264 cm³/mol. The Morgan fingerprint density at radius 3 is 2.55 bits per heavy atom. The summed E-state index contributed by atoms with van der Waals surface area (Å²) in [5, 5.41) is 19.7. The lowest BCUT2D eigenvalue weighted by atomic mass is 9.84. The van der Waals surface area contributed by atoms with Gasteiger partial charge >= 0.3 is 6.17 Å². The number of rotatable bonds is 12. The summed E-state index contributed by atoms with van der Waals surface area (Å²) in [7, 11) is 4.72. The van der Waals surface area contributed by atoms with Crippen LogP contribution in [0.2, 0.25) is 0 Å². The fourth-order valence-corrected chi connectivity index (χ4v) is 11.2. The summed E-state index contributed by atoms with van der Waals surface area (Å²) < 4.78 is 22.8. The zero-order valence-electron chi connectivity index (χ0n) is 42.0. The number of ether oxygens (including phenoxy) is 1. The highest BCUT2D eigenvalue weighted by Crippen LogP contribution is 2.48. The number of hydrazine groups is 1. The van der Waals surface area contributed by atoms with Gasteiger partial charge in [0, 0.05) is 75.2 Å². The van der Waals surface area contributed by atoms with Gasteiger partial charge < -0.3 is 29.5 Å². The minimum absolute atomic E-state index is 0.0269. The molecule has 0 radical (unpaired) electrons. The number of methoxy groups -OCH3 is 1. The number of benzene rings is 2. The molecule has 2 aromatic heterocycles. The van der Waals surface area contributed by atoms with E-state index >= 15 is 0 Å². The summed E-state index contributed by atoms with van der Waals surface area (Å²) in [4.78, 5) is 85.0. The van der Waals surface area contributed by atoms with Crippen molar-refractivity contribution in [3.63, 3.8) is 0 Å². The molecular weight excluding hydrogens is 910 g/mol. The summed E-state index contributed by atoms with van der Waals surface area (Å²) >= 11 is 0. The zero-order chi connectivity index (χ0) is 50.5. The number of amides is 4. The molecule has 2 aromatic carbocycles. The van der Waals surface area contributed by atoms with Crippen molar-refractivity contribution in [1.29, 1.82) is 0 Å². The number of carbonyl (C=O) groups is 4. The summed E-state index contributed by atoms with van der Waals surface area (Å²) in [5.41, 5.74) is 7.98. The van der Waals surface area contributed by atoms with Crippen LogP contribution in [0.5, 0.6) is 5.75 Å². The van der Waals surface area contributed by atoms with Gasteiger partial charge in [-0.3, -0.25) is 34.5 Å². The Labute approximate surface area is 414 Å². The van der Waals surface area contributed by atoms with Crippen molar-refractivity contribution in [2.24, 2.45) is 11.3 Å². The molecule has 380 valence electrons. The molecule has 18 heteroatoms. The molecule has 9 rings (SSSR count). The lowest BCUT2D eigenvalue weighted by Crippen LogP contribution is -2.62. The number of hydrogen-bond acceptors (Lipinski definition) is 11. The maximum atomic E-state index is 14.9. The minimum atomic E-state index is -1.38. The largest absolute Gasteiger partial charge is 0.508 e. The maximum absolute atomic E-state index is 14.9. The Morgan fingerprint density at radius 1 is 1.07 bits per heavy atom. The molecular formula is C53H69FN9O8+. The van der Waals surface area contributed by atoms with E-state index in [4.69, 9.17) is 14.6 Å². The van der Waals surface area contributed by atoms with Gasteiger partial charge in [0.25, 0.3) is 5.91 Å². The summed E-state index contributed by atoms with van der Waals surface area (Å²) in [6, 6.07) is 12.0. The normalized spacial score (nSPS) is 23.9. The zero-order valence-corrected chi connectivity index (χ0v) is 42.0. The van der Waals surface area contributed by atoms with Crippen molar-refractivity contribution in [3.05, 3.63) is 76.5 Å². The van der Waals surface area contributed by atoms with E-state index in [1.807, 2.05) is 25.1 Å². The average molecular weight is 979 g/mol.